The summed E-state index contributed by atoms with van der Waals surface area (Å²) in [5, 5.41) is 0. The third kappa shape index (κ3) is 3.78. The molecule has 0 aromatic heterocycles. The Kier molecular flexibility index (Phi) is 4.21. The molecule has 0 aliphatic heterocycles. The quantitative estimate of drug-likeness (QED) is 0.692. The van der Waals surface area contributed by atoms with E-state index in [2.05, 4.69) is 0 Å². The Bertz CT molecular complexity index is 622. The SMILES string of the molecule is Cc1cc(N)cc(C(=O)OCC(F)(F)c2ccccc2)c1. The van der Waals surface area contributed by atoms with Gasteiger partial charge >= 0.3 is 11.9 Å². The Morgan fingerprint density at radius 1 is 1.19 bits per heavy atom. The average Bonchev–Trinajstić information content (AvgIpc) is 2.45. The number of hydrogen-bond acceptors (Lipinski definition) is 3. The van der Waals surface area contributed by atoms with Crippen LogP contribution in [-0.2, 0) is 10.7 Å². The van der Waals surface area contributed by atoms with Crippen LogP contribution in [0.4, 0.5) is 14.5 Å². The van der Waals surface area contributed by atoms with Crippen molar-refractivity contribution in [2.45, 2.75) is 12.8 Å². The van der Waals surface area contributed by atoms with Gasteiger partial charge in [0.25, 0.3) is 0 Å². The molecule has 2 N–H and O–H groups in total. The molecule has 0 spiro atoms. The Morgan fingerprint density at radius 3 is 2.48 bits per heavy atom. The van der Waals surface area contributed by atoms with Crippen LogP contribution >= 0.6 is 0 Å². The van der Waals surface area contributed by atoms with Crippen LogP contribution in [0.2, 0.25) is 0 Å². The molecule has 0 unspecified atom stereocenters. The molecule has 0 saturated carbocycles. The molecule has 0 saturated heterocycles. The summed E-state index contributed by atoms with van der Waals surface area (Å²) in [6, 6.07) is 11.8. The summed E-state index contributed by atoms with van der Waals surface area (Å²) in [7, 11) is 0. The topological polar surface area (TPSA) is 52.3 Å². The maximum Gasteiger partial charge on any atom is 0.338 e. The molecule has 2 rings (SSSR count). The molecule has 0 radical (unpaired) electrons. The standard InChI is InChI=1S/C16H15F2NO2/c1-11-7-12(9-14(19)8-11)15(20)21-10-16(17,18)13-5-3-2-4-6-13/h2-9H,10,19H2,1H3. The lowest BCUT2D eigenvalue weighted by Gasteiger charge is -2.16. The summed E-state index contributed by atoms with van der Waals surface area (Å²) in [4.78, 5) is 11.8. The van der Waals surface area contributed by atoms with Gasteiger partial charge in [0.05, 0.1) is 5.56 Å². The number of carbonyl (C=O) groups excluding carboxylic acids is 1. The number of nitrogen functional groups attached to an aromatic ring is 1. The lowest BCUT2D eigenvalue weighted by atomic mass is 10.1. The number of hydrogen-bond donors (Lipinski definition) is 1. The fourth-order valence-corrected chi connectivity index (χ4v) is 1.94. The highest BCUT2D eigenvalue weighted by atomic mass is 19.3. The van der Waals surface area contributed by atoms with Gasteiger partial charge in [-0.25, -0.2) is 4.79 Å². The van der Waals surface area contributed by atoms with Gasteiger partial charge in [-0.3, -0.25) is 0 Å². The van der Waals surface area contributed by atoms with Gasteiger partial charge in [-0.15, -0.1) is 0 Å². The Morgan fingerprint density at radius 2 is 1.86 bits per heavy atom. The minimum atomic E-state index is -3.23. The normalized spacial score (nSPS) is 11.2. The first-order valence-electron chi connectivity index (χ1n) is 6.36. The molecule has 0 atom stereocenters. The average molecular weight is 291 g/mol. The highest BCUT2D eigenvalue weighted by Crippen LogP contribution is 2.28. The van der Waals surface area contributed by atoms with Gasteiger partial charge in [-0.05, 0) is 30.7 Å². The highest BCUT2D eigenvalue weighted by molar-refractivity contribution is 5.90. The van der Waals surface area contributed by atoms with Crippen LogP contribution in [0.5, 0.6) is 0 Å². The van der Waals surface area contributed by atoms with E-state index in [1.54, 1.807) is 25.1 Å². The van der Waals surface area contributed by atoms with Gasteiger partial charge in [-0.1, -0.05) is 30.3 Å². The molecule has 2 aromatic carbocycles. The summed E-state index contributed by atoms with van der Waals surface area (Å²) in [5.74, 6) is -4.05. The van der Waals surface area contributed by atoms with Crippen molar-refractivity contribution in [1.82, 2.24) is 0 Å². The number of rotatable bonds is 4. The van der Waals surface area contributed by atoms with Crippen LogP contribution in [0.15, 0.2) is 48.5 Å². The number of halogens is 2. The van der Waals surface area contributed by atoms with E-state index in [-0.39, 0.29) is 11.1 Å². The lowest BCUT2D eigenvalue weighted by molar-refractivity contribution is -0.0661. The molecule has 2 aromatic rings. The van der Waals surface area contributed by atoms with E-state index in [0.29, 0.717) is 5.69 Å². The number of aryl methyl sites for hydroxylation is 1. The number of carbonyl (C=O) groups is 1. The van der Waals surface area contributed by atoms with Crippen molar-refractivity contribution in [2.75, 3.05) is 12.3 Å². The van der Waals surface area contributed by atoms with Crippen molar-refractivity contribution < 1.29 is 18.3 Å². The number of esters is 1. The highest BCUT2D eigenvalue weighted by Gasteiger charge is 2.33. The van der Waals surface area contributed by atoms with Crippen LogP contribution in [0.1, 0.15) is 21.5 Å². The van der Waals surface area contributed by atoms with Crippen molar-refractivity contribution in [1.29, 1.82) is 0 Å². The monoisotopic (exact) mass is 291 g/mol. The van der Waals surface area contributed by atoms with Crippen molar-refractivity contribution >= 4 is 11.7 Å². The van der Waals surface area contributed by atoms with Gasteiger partial charge in [0.2, 0.25) is 0 Å². The molecule has 0 aliphatic rings. The minimum Gasteiger partial charge on any atom is -0.455 e. The van der Waals surface area contributed by atoms with Crippen molar-refractivity contribution in [3.63, 3.8) is 0 Å². The van der Waals surface area contributed by atoms with Crippen LogP contribution in [0.3, 0.4) is 0 Å². The smallest absolute Gasteiger partial charge is 0.338 e. The van der Waals surface area contributed by atoms with Gasteiger partial charge in [0.15, 0.2) is 6.61 Å². The maximum atomic E-state index is 13.9. The summed E-state index contributed by atoms with van der Waals surface area (Å²) >= 11 is 0. The molecular weight excluding hydrogens is 276 g/mol. The Labute approximate surface area is 121 Å². The number of nitrogens with two attached hydrogens (primary N) is 1. The predicted octanol–water partition coefficient (Wildman–Crippen LogP) is 3.53. The molecule has 0 aliphatic carbocycles. The first kappa shape index (κ1) is 15.0. The number of anilines is 1. The predicted molar refractivity (Wildman–Crippen MR) is 76.2 cm³/mol. The molecule has 0 fully saturated rings. The third-order valence-electron chi connectivity index (χ3n) is 2.92. The number of benzene rings is 2. The van der Waals surface area contributed by atoms with E-state index in [9.17, 15) is 13.6 Å². The fourth-order valence-electron chi connectivity index (χ4n) is 1.94. The van der Waals surface area contributed by atoms with E-state index >= 15 is 0 Å². The molecule has 0 bridgehead atoms. The number of alkyl halides is 2. The second-order valence-electron chi connectivity index (χ2n) is 4.78. The summed E-state index contributed by atoms with van der Waals surface area (Å²) < 4.78 is 32.5. The largest absolute Gasteiger partial charge is 0.455 e. The van der Waals surface area contributed by atoms with Crippen LogP contribution in [0, 0.1) is 6.92 Å². The zero-order valence-corrected chi connectivity index (χ0v) is 11.5. The second-order valence-corrected chi connectivity index (χ2v) is 4.78. The van der Waals surface area contributed by atoms with E-state index in [4.69, 9.17) is 10.5 Å². The van der Waals surface area contributed by atoms with E-state index in [0.717, 1.165) is 5.56 Å². The van der Waals surface area contributed by atoms with E-state index in [1.165, 1.54) is 30.3 Å². The van der Waals surface area contributed by atoms with Gasteiger partial charge in [0, 0.05) is 11.3 Å². The Hall–Kier alpha value is -2.43. The summed E-state index contributed by atoms with van der Waals surface area (Å²) in [6.45, 7) is 0.745. The second kappa shape index (κ2) is 5.91. The molecule has 0 amide bonds. The van der Waals surface area contributed by atoms with Crippen molar-refractivity contribution in [3.8, 4) is 0 Å². The van der Waals surface area contributed by atoms with E-state index in [1.807, 2.05) is 0 Å². The van der Waals surface area contributed by atoms with E-state index < -0.39 is 18.5 Å². The summed E-state index contributed by atoms with van der Waals surface area (Å²) in [5.41, 5.74) is 6.73. The lowest BCUT2D eigenvalue weighted by Crippen LogP contribution is -2.23. The summed E-state index contributed by atoms with van der Waals surface area (Å²) in [6.07, 6.45) is 0. The fraction of sp³-hybridized carbons (Fsp3) is 0.188. The molecular formula is C16H15F2NO2. The maximum absolute atomic E-state index is 13.9. The molecule has 110 valence electrons. The van der Waals surface area contributed by atoms with Crippen molar-refractivity contribution in [3.05, 3.63) is 65.2 Å². The third-order valence-corrected chi connectivity index (χ3v) is 2.92. The molecule has 0 heterocycles. The van der Waals surface area contributed by atoms with Crippen molar-refractivity contribution in [2.24, 2.45) is 0 Å². The molecule has 3 nitrogen and oxygen atoms in total. The van der Waals surface area contributed by atoms with Gasteiger partial charge in [-0.2, -0.15) is 8.78 Å². The first-order chi connectivity index (χ1) is 9.88. The number of ether oxygens (including phenoxy) is 1. The van der Waals surface area contributed by atoms with Crippen LogP contribution in [-0.4, -0.2) is 12.6 Å². The minimum absolute atomic E-state index is 0.163. The molecule has 21 heavy (non-hydrogen) atoms. The zero-order valence-electron chi connectivity index (χ0n) is 11.5. The Balaban J connectivity index is 2.07. The van der Waals surface area contributed by atoms with Crippen LogP contribution in [0.25, 0.3) is 0 Å². The van der Waals surface area contributed by atoms with Gasteiger partial charge in [0.1, 0.15) is 0 Å². The van der Waals surface area contributed by atoms with Gasteiger partial charge < -0.3 is 10.5 Å². The molecule has 5 heteroatoms. The zero-order chi connectivity index (χ0) is 15.5. The first-order valence-corrected chi connectivity index (χ1v) is 6.36. The van der Waals surface area contributed by atoms with Crippen LogP contribution < -0.4 is 5.73 Å².